The first-order valence-electron chi connectivity index (χ1n) is 12.5. The highest BCUT2D eigenvalue weighted by Crippen LogP contribution is 2.32. The van der Waals surface area contributed by atoms with Crippen molar-refractivity contribution >= 4 is 27.5 Å². The molecule has 0 unspecified atom stereocenters. The number of nitrogens with one attached hydrogen (secondary N) is 1. The number of rotatable bonds is 13. The number of alkyl halides is 3. The average molecular weight is 572 g/mol. The summed E-state index contributed by atoms with van der Waals surface area (Å²) in [4.78, 5) is 27.6. The lowest BCUT2D eigenvalue weighted by Crippen LogP contribution is -2.49. The monoisotopic (exact) mass is 571 g/mol. The Labute approximate surface area is 228 Å². The minimum atomic E-state index is -4.64. The number of ether oxygens (including phenoxy) is 1. The van der Waals surface area contributed by atoms with E-state index in [2.05, 4.69) is 5.32 Å². The first kappa shape index (κ1) is 31.9. The summed E-state index contributed by atoms with van der Waals surface area (Å²) in [5, 5.41) is 2.87. The molecule has 0 fully saturated rings. The number of carbonyl (C=O) groups is 2. The highest BCUT2D eigenvalue weighted by atomic mass is 32.2. The Kier molecular flexibility index (Phi) is 11.2. The molecule has 0 aliphatic heterocycles. The molecule has 1 N–H and O–H groups in total. The van der Waals surface area contributed by atoms with Crippen LogP contribution in [0.2, 0.25) is 0 Å². The van der Waals surface area contributed by atoms with E-state index in [0.717, 1.165) is 34.3 Å². The Morgan fingerprint density at radius 3 is 2.33 bits per heavy atom. The van der Waals surface area contributed by atoms with Crippen LogP contribution in [0.3, 0.4) is 0 Å². The predicted octanol–water partition coefficient (Wildman–Crippen LogP) is 4.59. The molecule has 0 spiro atoms. The molecule has 216 valence electrons. The molecule has 12 heteroatoms. The topological polar surface area (TPSA) is 96.0 Å². The molecule has 0 aromatic heterocycles. The second-order valence-corrected chi connectivity index (χ2v) is 11.3. The lowest BCUT2D eigenvalue weighted by Gasteiger charge is -2.30. The van der Waals surface area contributed by atoms with E-state index in [0.29, 0.717) is 12.2 Å². The van der Waals surface area contributed by atoms with Crippen LogP contribution in [0, 0.1) is 0 Å². The van der Waals surface area contributed by atoms with Crippen LogP contribution in [0.25, 0.3) is 0 Å². The van der Waals surface area contributed by atoms with Crippen molar-refractivity contribution in [2.45, 2.75) is 64.8 Å². The second-order valence-electron chi connectivity index (χ2n) is 9.35. The van der Waals surface area contributed by atoms with Gasteiger partial charge in [0.15, 0.2) is 0 Å². The lowest BCUT2D eigenvalue weighted by atomic mass is 10.1. The third kappa shape index (κ3) is 9.45. The van der Waals surface area contributed by atoms with Crippen molar-refractivity contribution in [3.05, 3.63) is 59.7 Å². The van der Waals surface area contributed by atoms with Crippen molar-refractivity contribution < 1.29 is 35.9 Å². The lowest BCUT2D eigenvalue weighted by molar-refractivity contribution is -0.140. The van der Waals surface area contributed by atoms with Crippen molar-refractivity contribution in [2.24, 2.45) is 0 Å². The number of methoxy groups -OCH3 is 1. The fraction of sp³-hybridized carbons (Fsp3) is 0.481. The van der Waals surface area contributed by atoms with Gasteiger partial charge in [-0.25, -0.2) is 8.42 Å². The number of hydrogen-bond acceptors (Lipinski definition) is 5. The van der Waals surface area contributed by atoms with E-state index in [9.17, 15) is 31.2 Å². The van der Waals surface area contributed by atoms with E-state index < -0.39 is 33.7 Å². The third-order valence-corrected chi connectivity index (χ3v) is 7.46. The van der Waals surface area contributed by atoms with Crippen LogP contribution in [-0.2, 0) is 32.3 Å². The molecule has 39 heavy (non-hydrogen) atoms. The Hall–Kier alpha value is -3.28. The zero-order valence-electron chi connectivity index (χ0n) is 22.8. The van der Waals surface area contributed by atoms with E-state index in [1.165, 1.54) is 18.1 Å². The number of anilines is 1. The van der Waals surface area contributed by atoms with Crippen molar-refractivity contribution in [1.29, 1.82) is 0 Å². The number of carbonyl (C=O) groups excluding carboxylic acids is 2. The number of benzene rings is 2. The van der Waals surface area contributed by atoms with Gasteiger partial charge in [0.1, 0.15) is 11.8 Å². The van der Waals surface area contributed by atoms with Gasteiger partial charge in [0.2, 0.25) is 21.8 Å². The summed E-state index contributed by atoms with van der Waals surface area (Å²) in [7, 11) is -2.42. The van der Waals surface area contributed by atoms with Crippen LogP contribution in [0.4, 0.5) is 18.9 Å². The van der Waals surface area contributed by atoms with Gasteiger partial charge in [0, 0.05) is 25.6 Å². The summed E-state index contributed by atoms with van der Waals surface area (Å²) in [5.41, 5.74) is -0.391. The fourth-order valence-corrected chi connectivity index (χ4v) is 4.81. The summed E-state index contributed by atoms with van der Waals surface area (Å²) in [6.45, 7) is 5.28. The molecule has 0 bridgehead atoms. The predicted molar refractivity (Wildman–Crippen MR) is 144 cm³/mol. The maximum Gasteiger partial charge on any atom is 0.416 e. The van der Waals surface area contributed by atoms with E-state index in [1.54, 1.807) is 31.2 Å². The summed E-state index contributed by atoms with van der Waals surface area (Å²) < 4.78 is 70.5. The molecular weight excluding hydrogens is 535 g/mol. The van der Waals surface area contributed by atoms with Crippen LogP contribution in [0.5, 0.6) is 5.75 Å². The molecular formula is C27H36F3N3O5S. The first-order chi connectivity index (χ1) is 18.2. The molecule has 2 amide bonds. The molecule has 0 saturated heterocycles. The second kappa shape index (κ2) is 13.7. The van der Waals surface area contributed by atoms with Crippen molar-refractivity contribution in [3.63, 3.8) is 0 Å². The Morgan fingerprint density at radius 2 is 1.74 bits per heavy atom. The highest BCUT2D eigenvalue weighted by Gasteiger charge is 2.32. The van der Waals surface area contributed by atoms with Gasteiger partial charge in [-0.3, -0.25) is 13.9 Å². The summed E-state index contributed by atoms with van der Waals surface area (Å²) in [5.74, 6) is -0.147. The quantitative estimate of drug-likeness (QED) is 0.380. The van der Waals surface area contributed by atoms with Gasteiger partial charge in [-0.1, -0.05) is 25.1 Å². The summed E-state index contributed by atoms with van der Waals surface area (Å²) in [6, 6.07) is 10.2. The van der Waals surface area contributed by atoms with Crippen molar-refractivity contribution in [1.82, 2.24) is 10.2 Å². The Bertz CT molecular complexity index is 1240. The van der Waals surface area contributed by atoms with Gasteiger partial charge in [-0.05, 0) is 62.6 Å². The van der Waals surface area contributed by atoms with Crippen molar-refractivity contribution in [3.8, 4) is 5.75 Å². The fourth-order valence-electron chi connectivity index (χ4n) is 3.86. The van der Waals surface area contributed by atoms with Crippen LogP contribution < -0.4 is 14.4 Å². The Balaban J connectivity index is 2.24. The molecule has 8 nitrogen and oxygen atoms in total. The summed E-state index contributed by atoms with van der Waals surface area (Å²) in [6.07, 6.45) is -3.14. The zero-order valence-corrected chi connectivity index (χ0v) is 23.6. The maximum atomic E-state index is 13.4. The molecule has 2 rings (SSSR count). The molecule has 0 aliphatic carbocycles. The smallest absolute Gasteiger partial charge is 0.416 e. The normalized spacial score (nSPS) is 13.3. The van der Waals surface area contributed by atoms with E-state index in [4.69, 9.17) is 4.74 Å². The van der Waals surface area contributed by atoms with Gasteiger partial charge in [-0.15, -0.1) is 0 Å². The molecule has 2 aromatic rings. The number of amides is 2. The standard InChI is InChI=1S/C27H36F3N3O5S/c1-6-19(2)31-26(35)20(3)32(18-21-10-7-13-24(16-21)38-4)25(34)14-9-15-33(39(5,36)37)23-12-8-11-22(17-23)27(28,29)30/h7-8,10-13,16-17,19-20H,6,9,14-15,18H2,1-5H3,(H,31,35)/t19-,20-/m0/s1. The molecule has 0 radical (unpaired) electrons. The van der Waals surface area contributed by atoms with Gasteiger partial charge in [-0.2, -0.15) is 13.2 Å². The van der Waals surface area contributed by atoms with Crippen LogP contribution in [0.15, 0.2) is 48.5 Å². The SMILES string of the molecule is CC[C@H](C)NC(=O)[C@H](C)N(Cc1cccc(OC)c1)C(=O)CCCN(c1cccc(C(F)(F)F)c1)S(C)(=O)=O. The van der Waals surface area contributed by atoms with Gasteiger partial charge in [0.25, 0.3) is 0 Å². The largest absolute Gasteiger partial charge is 0.497 e. The number of nitrogens with zero attached hydrogens (tertiary/aromatic N) is 2. The summed E-state index contributed by atoms with van der Waals surface area (Å²) >= 11 is 0. The number of halogens is 3. The van der Waals surface area contributed by atoms with E-state index in [1.807, 2.05) is 13.8 Å². The van der Waals surface area contributed by atoms with E-state index in [-0.39, 0.29) is 43.6 Å². The number of sulfonamides is 1. The third-order valence-electron chi connectivity index (χ3n) is 6.27. The molecule has 0 aliphatic rings. The average Bonchev–Trinajstić information content (AvgIpc) is 2.88. The van der Waals surface area contributed by atoms with Gasteiger partial charge in [0.05, 0.1) is 24.6 Å². The minimum absolute atomic E-state index is 0.0243. The van der Waals surface area contributed by atoms with Crippen molar-refractivity contribution in [2.75, 3.05) is 24.2 Å². The first-order valence-corrected chi connectivity index (χ1v) is 14.4. The maximum absolute atomic E-state index is 13.4. The Morgan fingerprint density at radius 1 is 1.08 bits per heavy atom. The molecule has 0 saturated carbocycles. The molecule has 0 heterocycles. The highest BCUT2D eigenvalue weighted by molar-refractivity contribution is 7.92. The molecule has 2 aromatic carbocycles. The van der Waals surface area contributed by atoms with Crippen LogP contribution >= 0.6 is 0 Å². The number of hydrogen-bond donors (Lipinski definition) is 1. The minimum Gasteiger partial charge on any atom is -0.497 e. The van der Waals surface area contributed by atoms with Gasteiger partial charge < -0.3 is 15.0 Å². The van der Waals surface area contributed by atoms with Crippen LogP contribution in [0.1, 0.15) is 51.2 Å². The van der Waals surface area contributed by atoms with Gasteiger partial charge >= 0.3 is 6.18 Å². The van der Waals surface area contributed by atoms with Crippen LogP contribution in [-0.4, -0.2) is 57.1 Å². The van der Waals surface area contributed by atoms with E-state index >= 15 is 0 Å². The zero-order chi connectivity index (χ0) is 29.4. The molecule has 2 atom stereocenters.